The van der Waals surface area contributed by atoms with Gasteiger partial charge in [-0.15, -0.1) is 0 Å². The van der Waals surface area contributed by atoms with Crippen molar-refractivity contribution in [3.05, 3.63) is 46.2 Å². The van der Waals surface area contributed by atoms with E-state index < -0.39 is 22.8 Å². The van der Waals surface area contributed by atoms with Gasteiger partial charge in [0.15, 0.2) is 5.17 Å². The van der Waals surface area contributed by atoms with Crippen molar-refractivity contribution in [2.45, 2.75) is 16.7 Å². The normalized spacial score (nSPS) is 33.2. The Hall–Kier alpha value is -1.39. The Morgan fingerprint density at radius 3 is 3.05 bits per heavy atom. The second-order valence-corrected chi connectivity index (χ2v) is 7.71. The van der Waals surface area contributed by atoms with Gasteiger partial charge in [0.05, 0.1) is 6.07 Å². The van der Waals surface area contributed by atoms with Crippen molar-refractivity contribution >= 4 is 32.9 Å². The molecule has 3 nitrogen and oxygen atoms in total. The first kappa shape index (κ1) is 15.5. The minimum Gasteiger partial charge on any atom is -0.378 e. The standard InChI is InChI=1S/C15H12BrF2N3S/c16-9-2-3-11(18)10(6-9)15(8-17)12-7-14(12,4-1-5-19)22-13(20)21-15/h1-4,6,12H,7-8H2,(H2,20,21)/b4-1+/t12-,14+,15-/m1/s1. The molecule has 0 spiro atoms. The summed E-state index contributed by atoms with van der Waals surface area (Å²) >= 11 is 4.60. The number of nitrogens with two attached hydrogens (primary N) is 1. The molecule has 1 aromatic rings. The molecular weight excluding hydrogens is 372 g/mol. The number of fused-ring (bicyclic) bond motifs is 1. The lowest BCUT2D eigenvalue weighted by molar-refractivity contribution is 0.267. The van der Waals surface area contributed by atoms with Crippen LogP contribution in [0, 0.1) is 23.1 Å². The first-order valence-electron chi connectivity index (χ1n) is 6.60. The van der Waals surface area contributed by atoms with Crippen molar-refractivity contribution in [2.75, 3.05) is 6.67 Å². The van der Waals surface area contributed by atoms with Crippen LogP contribution in [0.5, 0.6) is 0 Å². The molecule has 0 saturated heterocycles. The summed E-state index contributed by atoms with van der Waals surface area (Å²) in [4.78, 5) is 4.28. The number of rotatable bonds is 3. The van der Waals surface area contributed by atoms with Crippen LogP contribution < -0.4 is 5.73 Å². The van der Waals surface area contributed by atoms with Gasteiger partial charge in [0.25, 0.3) is 0 Å². The smallest absolute Gasteiger partial charge is 0.155 e. The van der Waals surface area contributed by atoms with E-state index in [1.165, 1.54) is 23.9 Å². The van der Waals surface area contributed by atoms with Crippen LogP contribution >= 0.6 is 27.7 Å². The lowest BCUT2D eigenvalue weighted by Gasteiger charge is -2.34. The summed E-state index contributed by atoms with van der Waals surface area (Å²) in [5, 5.41) is 8.95. The molecule has 0 radical (unpaired) electrons. The summed E-state index contributed by atoms with van der Waals surface area (Å²) in [6, 6.07) is 6.34. The first-order valence-corrected chi connectivity index (χ1v) is 8.21. The van der Waals surface area contributed by atoms with Crippen molar-refractivity contribution in [3.8, 4) is 6.07 Å². The van der Waals surface area contributed by atoms with Gasteiger partial charge >= 0.3 is 0 Å². The van der Waals surface area contributed by atoms with Crippen molar-refractivity contribution in [2.24, 2.45) is 16.6 Å². The van der Waals surface area contributed by atoms with Crippen LogP contribution in [0.2, 0.25) is 0 Å². The molecule has 0 bridgehead atoms. The van der Waals surface area contributed by atoms with Crippen molar-refractivity contribution in [1.29, 1.82) is 5.26 Å². The van der Waals surface area contributed by atoms with Gasteiger partial charge in [0.1, 0.15) is 18.0 Å². The van der Waals surface area contributed by atoms with Crippen LogP contribution in [0.25, 0.3) is 0 Å². The summed E-state index contributed by atoms with van der Waals surface area (Å²) in [6.07, 6.45) is 3.70. The maximum absolute atomic E-state index is 14.3. The van der Waals surface area contributed by atoms with Crippen LogP contribution in [0.15, 0.2) is 39.8 Å². The highest BCUT2D eigenvalue weighted by Gasteiger charge is 2.67. The fraction of sp³-hybridized carbons (Fsp3) is 0.333. The van der Waals surface area contributed by atoms with E-state index in [1.54, 1.807) is 18.2 Å². The molecule has 3 atom stereocenters. The molecular formula is C15H12BrF2N3S. The lowest BCUT2D eigenvalue weighted by Crippen LogP contribution is -2.39. The Labute approximate surface area is 139 Å². The van der Waals surface area contributed by atoms with Gasteiger partial charge < -0.3 is 5.73 Å². The number of nitrogens with zero attached hydrogens (tertiary/aromatic N) is 2. The van der Waals surface area contributed by atoms with Crippen LogP contribution in [0.3, 0.4) is 0 Å². The Bertz CT molecular complexity index is 730. The molecule has 7 heteroatoms. The summed E-state index contributed by atoms with van der Waals surface area (Å²) in [5.41, 5.74) is 4.75. The minimum absolute atomic E-state index is 0.199. The van der Waals surface area contributed by atoms with Crippen molar-refractivity contribution in [1.82, 2.24) is 0 Å². The predicted molar refractivity (Wildman–Crippen MR) is 86.6 cm³/mol. The molecule has 0 amide bonds. The number of hydrogen-bond donors (Lipinski definition) is 1. The Balaban J connectivity index is 2.14. The third kappa shape index (κ3) is 2.25. The maximum atomic E-state index is 14.3. The third-order valence-electron chi connectivity index (χ3n) is 4.17. The van der Waals surface area contributed by atoms with Crippen LogP contribution in [-0.4, -0.2) is 16.6 Å². The summed E-state index contributed by atoms with van der Waals surface area (Å²) in [6.45, 7) is -0.839. The number of allylic oxidation sites excluding steroid dienone is 1. The molecule has 1 aromatic carbocycles. The average Bonchev–Trinajstić information content (AvgIpc) is 3.21. The van der Waals surface area contributed by atoms with Gasteiger partial charge in [-0.05, 0) is 24.6 Å². The number of alkyl halides is 1. The number of amidine groups is 1. The molecule has 1 aliphatic heterocycles. The van der Waals surface area contributed by atoms with E-state index in [9.17, 15) is 8.78 Å². The van der Waals surface area contributed by atoms with Crippen LogP contribution in [0.4, 0.5) is 8.78 Å². The Morgan fingerprint density at radius 1 is 1.59 bits per heavy atom. The van der Waals surface area contributed by atoms with Crippen molar-refractivity contribution in [3.63, 3.8) is 0 Å². The van der Waals surface area contributed by atoms with E-state index in [1.807, 2.05) is 6.07 Å². The first-order chi connectivity index (χ1) is 10.5. The quantitative estimate of drug-likeness (QED) is 0.810. The average molecular weight is 384 g/mol. The second-order valence-electron chi connectivity index (χ2n) is 5.41. The largest absolute Gasteiger partial charge is 0.378 e. The molecule has 2 N–H and O–H groups in total. The molecule has 0 unspecified atom stereocenters. The zero-order valence-electron chi connectivity index (χ0n) is 11.4. The number of nitriles is 1. The molecule has 3 rings (SSSR count). The number of halogens is 3. The Kier molecular flexibility index (Phi) is 3.77. The van der Waals surface area contributed by atoms with E-state index in [4.69, 9.17) is 11.0 Å². The molecule has 1 fully saturated rings. The highest BCUT2D eigenvalue weighted by Crippen LogP contribution is 2.66. The minimum atomic E-state index is -1.33. The lowest BCUT2D eigenvalue weighted by atomic mass is 9.85. The summed E-state index contributed by atoms with van der Waals surface area (Å²) in [7, 11) is 0. The molecule has 1 heterocycles. The molecule has 0 aromatic heterocycles. The molecule has 2 aliphatic rings. The van der Waals surface area contributed by atoms with E-state index in [2.05, 4.69) is 20.9 Å². The fourth-order valence-electron chi connectivity index (χ4n) is 3.11. The second kappa shape index (κ2) is 5.36. The van der Waals surface area contributed by atoms with Gasteiger partial charge in [-0.3, -0.25) is 0 Å². The van der Waals surface area contributed by atoms with E-state index in [-0.39, 0.29) is 16.6 Å². The topological polar surface area (TPSA) is 62.2 Å². The highest BCUT2D eigenvalue weighted by atomic mass is 79.9. The van der Waals surface area contributed by atoms with Crippen LogP contribution in [-0.2, 0) is 5.54 Å². The summed E-state index contributed by atoms with van der Waals surface area (Å²) < 4.78 is 28.5. The molecule has 22 heavy (non-hydrogen) atoms. The predicted octanol–water partition coefficient (Wildman–Crippen LogP) is 3.65. The summed E-state index contributed by atoms with van der Waals surface area (Å²) in [5.74, 6) is -0.731. The van der Waals surface area contributed by atoms with Gasteiger partial charge in [-0.1, -0.05) is 33.8 Å². The van der Waals surface area contributed by atoms with Gasteiger partial charge in [-0.25, -0.2) is 13.8 Å². The number of aliphatic imine (C=N–C) groups is 1. The number of thioether (sulfide) groups is 1. The third-order valence-corrected chi connectivity index (χ3v) is 5.93. The maximum Gasteiger partial charge on any atom is 0.155 e. The van der Waals surface area contributed by atoms with E-state index in [0.717, 1.165) is 0 Å². The molecule has 1 saturated carbocycles. The van der Waals surface area contributed by atoms with Crippen molar-refractivity contribution < 1.29 is 8.78 Å². The van der Waals surface area contributed by atoms with Gasteiger partial charge in [0, 0.05) is 26.8 Å². The Morgan fingerprint density at radius 2 is 2.36 bits per heavy atom. The van der Waals surface area contributed by atoms with Gasteiger partial charge in [-0.2, -0.15) is 5.26 Å². The fourth-order valence-corrected chi connectivity index (χ4v) is 4.79. The zero-order chi connectivity index (χ0) is 16.0. The molecule has 114 valence electrons. The van der Waals surface area contributed by atoms with E-state index >= 15 is 0 Å². The number of hydrogen-bond acceptors (Lipinski definition) is 4. The SMILES string of the molecule is N#C/C=C/[C@]12C[C@H]1[C@@](CF)(c1cc(Br)ccc1F)N=C(N)S2. The van der Waals surface area contributed by atoms with E-state index in [0.29, 0.717) is 10.9 Å². The monoisotopic (exact) mass is 383 g/mol. The number of benzene rings is 1. The molecule has 1 aliphatic carbocycles. The zero-order valence-corrected chi connectivity index (χ0v) is 13.8. The van der Waals surface area contributed by atoms with Gasteiger partial charge in [0.2, 0.25) is 0 Å². The highest BCUT2D eigenvalue weighted by molar-refractivity contribution is 9.10. The van der Waals surface area contributed by atoms with Crippen LogP contribution in [0.1, 0.15) is 12.0 Å².